The van der Waals surface area contributed by atoms with Gasteiger partial charge in [0.1, 0.15) is 0 Å². The molecular weight excluding hydrogens is 234 g/mol. The number of nitrogens with two attached hydrogens (primary N) is 1. The lowest BCUT2D eigenvalue weighted by atomic mass is 10.2. The molecule has 0 unspecified atom stereocenters. The van der Waals surface area contributed by atoms with Crippen molar-refractivity contribution in [2.24, 2.45) is 0 Å². The van der Waals surface area contributed by atoms with E-state index in [1.165, 1.54) is 0 Å². The van der Waals surface area contributed by atoms with E-state index >= 15 is 0 Å². The zero-order valence-electron chi connectivity index (χ0n) is 9.46. The number of rotatable bonds is 3. The van der Waals surface area contributed by atoms with Crippen LogP contribution in [0.1, 0.15) is 16.1 Å². The summed E-state index contributed by atoms with van der Waals surface area (Å²) in [4.78, 5) is 17.7. The van der Waals surface area contributed by atoms with Gasteiger partial charge in [-0.2, -0.15) is 11.3 Å². The SMILES string of the molecule is CN(Cc1ccsc1)C(=O)c1ncccc1N. The Bertz CT molecular complexity index is 510. The molecule has 0 radical (unpaired) electrons. The Morgan fingerprint density at radius 1 is 1.53 bits per heavy atom. The zero-order valence-corrected chi connectivity index (χ0v) is 10.3. The number of hydrogen-bond donors (Lipinski definition) is 1. The molecule has 0 spiro atoms. The lowest BCUT2D eigenvalue weighted by Gasteiger charge is -2.16. The van der Waals surface area contributed by atoms with E-state index in [9.17, 15) is 4.79 Å². The number of carbonyl (C=O) groups excluding carboxylic acids is 1. The Morgan fingerprint density at radius 3 is 3.00 bits per heavy atom. The number of thiophene rings is 1. The normalized spacial score (nSPS) is 10.2. The van der Waals surface area contributed by atoms with Crippen LogP contribution in [0.3, 0.4) is 0 Å². The number of carbonyl (C=O) groups is 1. The monoisotopic (exact) mass is 247 g/mol. The summed E-state index contributed by atoms with van der Waals surface area (Å²) in [7, 11) is 1.74. The topological polar surface area (TPSA) is 59.2 Å². The minimum atomic E-state index is -0.158. The molecule has 2 aromatic rings. The van der Waals surface area contributed by atoms with Gasteiger partial charge in [-0.25, -0.2) is 4.98 Å². The molecule has 0 saturated heterocycles. The van der Waals surface area contributed by atoms with Crippen LogP contribution in [0.4, 0.5) is 5.69 Å². The van der Waals surface area contributed by atoms with E-state index in [-0.39, 0.29) is 5.91 Å². The molecule has 2 heterocycles. The van der Waals surface area contributed by atoms with Gasteiger partial charge in [-0.15, -0.1) is 0 Å². The number of nitrogens with zero attached hydrogens (tertiary/aromatic N) is 2. The molecule has 0 aliphatic carbocycles. The fraction of sp³-hybridized carbons (Fsp3) is 0.167. The van der Waals surface area contributed by atoms with Crippen molar-refractivity contribution in [1.29, 1.82) is 0 Å². The van der Waals surface area contributed by atoms with Gasteiger partial charge in [-0.3, -0.25) is 4.79 Å². The van der Waals surface area contributed by atoms with Crippen LogP contribution < -0.4 is 5.73 Å². The number of aromatic nitrogens is 1. The second-order valence-electron chi connectivity index (χ2n) is 3.73. The van der Waals surface area contributed by atoms with Gasteiger partial charge in [0.15, 0.2) is 5.69 Å². The van der Waals surface area contributed by atoms with Crippen LogP contribution in [-0.2, 0) is 6.54 Å². The van der Waals surface area contributed by atoms with Crippen molar-refractivity contribution in [2.45, 2.75) is 6.54 Å². The lowest BCUT2D eigenvalue weighted by molar-refractivity contribution is 0.0780. The van der Waals surface area contributed by atoms with Gasteiger partial charge in [-0.05, 0) is 34.5 Å². The van der Waals surface area contributed by atoms with Crippen LogP contribution in [0, 0.1) is 0 Å². The fourth-order valence-electron chi connectivity index (χ4n) is 1.51. The Hall–Kier alpha value is -1.88. The van der Waals surface area contributed by atoms with Gasteiger partial charge in [-0.1, -0.05) is 0 Å². The molecular formula is C12H13N3OS. The van der Waals surface area contributed by atoms with Crippen LogP contribution in [-0.4, -0.2) is 22.8 Å². The molecule has 0 saturated carbocycles. The number of nitrogen functional groups attached to an aromatic ring is 1. The second kappa shape index (κ2) is 4.97. The van der Waals surface area contributed by atoms with Gasteiger partial charge >= 0.3 is 0 Å². The molecule has 4 nitrogen and oxygen atoms in total. The first-order valence-electron chi connectivity index (χ1n) is 5.15. The molecule has 0 atom stereocenters. The molecule has 2 rings (SSSR count). The van der Waals surface area contributed by atoms with E-state index in [1.54, 1.807) is 41.6 Å². The minimum absolute atomic E-state index is 0.158. The smallest absolute Gasteiger partial charge is 0.274 e. The van der Waals surface area contributed by atoms with Crippen molar-refractivity contribution in [3.8, 4) is 0 Å². The van der Waals surface area contributed by atoms with E-state index in [0.717, 1.165) is 5.56 Å². The molecule has 2 aromatic heterocycles. The summed E-state index contributed by atoms with van der Waals surface area (Å²) in [6.07, 6.45) is 1.57. The molecule has 17 heavy (non-hydrogen) atoms. The van der Waals surface area contributed by atoms with Crippen molar-refractivity contribution in [3.05, 3.63) is 46.4 Å². The van der Waals surface area contributed by atoms with Gasteiger partial charge in [0.25, 0.3) is 5.91 Å². The maximum atomic E-state index is 12.1. The molecule has 5 heteroatoms. The predicted molar refractivity (Wildman–Crippen MR) is 68.8 cm³/mol. The molecule has 0 aromatic carbocycles. The number of hydrogen-bond acceptors (Lipinski definition) is 4. The van der Waals surface area contributed by atoms with Crippen LogP contribution in [0.5, 0.6) is 0 Å². The Balaban J connectivity index is 2.13. The average Bonchev–Trinajstić information content (AvgIpc) is 2.81. The van der Waals surface area contributed by atoms with Crippen LogP contribution in [0.15, 0.2) is 35.2 Å². The first kappa shape index (κ1) is 11.6. The molecule has 0 bridgehead atoms. The van der Waals surface area contributed by atoms with Gasteiger partial charge in [0.2, 0.25) is 0 Å². The lowest BCUT2D eigenvalue weighted by Crippen LogP contribution is -2.27. The highest BCUT2D eigenvalue weighted by Crippen LogP contribution is 2.13. The van der Waals surface area contributed by atoms with Crippen LogP contribution >= 0.6 is 11.3 Å². The maximum absolute atomic E-state index is 12.1. The fourth-order valence-corrected chi connectivity index (χ4v) is 2.17. The van der Waals surface area contributed by atoms with E-state index in [1.807, 2.05) is 16.8 Å². The van der Waals surface area contributed by atoms with Gasteiger partial charge < -0.3 is 10.6 Å². The summed E-state index contributed by atoms with van der Waals surface area (Å²) in [5.74, 6) is -0.158. The van der Waals surface area contributed by atoms with Crippen LogP contribution in [0.25, 0.3) is 0 Å². The van der Waals surface area contributed by atoms with Crippen molar-refractivity contribution in [3.63, 3.8) is 0 Å². The minimum Gasteiger partial charge on any atom is -0.397 e. The predicted octanol–water partition coefficient (Wildman–Crippen LogP) is 2.00. The Morgan fingerprint density at radius 2 is 2.35 bits per heavy atom. The summed E-state index contributed by atoms with van der Waals surface area (Å²) < 4.78 is 0. The number of anilines is 1. The summed E-state index contributed by atoms with van der Waals surface area (Å²) in [6, 6.07) is 5.39. The second-order valence-corrected chi connectivity index (χ2v) is 4.51. The average molecular weight is 247 g/mol. The van der Waals surface area contributed by atoms with Crippen LogP contribution in [0.2, 0.25) is 0 Å². The first-order chi connectivity index (χ1) is 8.18. The Kier molecular flexibility index (Phi) is 3.39. The first-order valence-corrected chi connectivity index (χ1v) is 6.10. The quantitative estimate of drug-likeness (QED) is 0.902. The third-order valence-corrected chi connectivity index (χ3v) is 3.12. The molecule has 0 aliphatic rings. The number of amides is 1. The highest BCUT2D eigenvalue weighted by molar-refractivity contribution is 7.07. The van der Waals surface area contributed by atoms with E-state index in [2.05, 4.69) is 4.98 Å². The summed E-state index contributed by atoms with van der Waals surface area (Å²) >= 11 is 1.61. The van der Waals surface area contributed by atoms with Crippen molar-refractivity contribution in [1.82, 2.24) is 9.88 Å². The number of pyridine rings is 1. The standard InChI is InChI=1S/C12H13N3OS/c1-15(7-9-4-6-17-8-9)12(16)11-10(13)3-2-5-14-11/h2-6,8H,7,13H2,1H3. The summed E-state index contributed by atoms with van der Waals surface area (Å²) in [5, 5.41) is 4.01. The molecule has 0 aliphatic heterocycles. The highest BCUT2D eigenvalue weighted by Gasteiger charge is 2.15. The largest absolute Gasteiger partial charge is 0.397 e. The molecule has 2 N–H and O–H groups in total. The molecule has 88 valence electrons. The summed E-state index contributed by atoms with van der Waals surface area (Å²) in [6.45, 7) is 0.568. The van der Waals surface area contributed by atoms with E-state index < -0.39 is 0 Å². The maximum Gasteiger partial charge on any atom is 0.274 e. The zero-order chi connectivity index (χ0) is 12.3. The third-order valence-electron chi connectivity index (χ3n) is 2.39. The van der Waals surface area contributed by atoms with Gasteiger partial charge in [0.05, 0.1) is 5.69 Å². The van der Waals surface area contributed by atoms with E-state index in [4.69, 9.17) is 5.73 Å². The van der Waals surface area contributed by atoms with Crippen molar-refractivity contribution >= 4 is 22.9 Å². The molecule has 0 fully saturated rings. The van der Waals surface area contributed by atoms with E-state index in [0.29, 0.717) is 17.9 Å². The third kappa shape index (κ3) is 2.62. The summed E-state index contributed by atoms with van der Waals surface area (Å²) in [5.41, 5.74) is 7.56. The molecule has 1 amide bonds. The van der Waals surface area contributed by atoms with Crippen molar-refractivity contribution in [2.75, 3.05) is 12.8 Å². The van der Waals surface area contributed by atoms with Gasteiger partial charge in [0, 0.05) is 19.8 Å². The Labute approximate surface area is 104 Å². The highest BCUT2D eigenvalue weighted by atomic mass is 32.1. The van der Waals surface area contributed by atoms with Crippen molar-refractivity contribution < 1.29 is 4.79 Å².